The molecule has 0 bridgehead atoms. The zero-order valence-corrected chi connectivity index (χ0v) is 9.65. The number of hydrogen-bond acceptors (Lipinski definition) is 3. The van der Waals surface area contributed by atoms with Crippen LogP contribution < -0.4 is 10.5 Å². The molecule has 0 saturated carbocycles. The first-order chi connectivity index (χ1) is 8.11. The third kappa shape index (κ3) is 2.13. The number of aromatic nitrogens is 2. The molecule has 1 aromatic carbocycles. The van der Waals surface area contributed by atoms with Crippen LogP contribution in [0.1, 0.15) is 16.3 Å². The standard InChI is InChI=1S/C12H13N3O2/c1-7-10(15-12(14-7)11(13)16)8-4-3-5-9(6-8)17-2/h3-6H,1-2H3,(H2,13,16)(H,14,15). The molecule has 1 amide bonds. The molecule has 0 radical (unpaired) electrons. The molecule has 0 aliphatic rings. The summed E-state index contributed by atoms with van der Waals surface area (Å²) in [5, 5.41) is 0. The van der Waals surface area contributed by atoms with Gasteiger partial charge in [0.05, 0.1) is 12.8 Å². The lowest BCUT2D eigenvalue weighted by Crippen LogP contribution is -2.12. The molecule has 2 aromatic rings. The Kier molecular flexibility index (Phi) is 2.82. The summed E-state index contributed by atoms with van der Waals surface area (Å²) in [4.78, 5) is 18.0. The summed E-state index contributed by atoms with van der Waals surface area (Å²) in [6.07, 6.45) is 0. The van der Waals surface area contributed by atoms with Gasteiger partial charge in [0.25, 0.3) is 5.91 Å². The van der Waals surface area contributed by atoms with Gasteiger partial charge in [0.2, 0.25) is 0 Å². The Morgan fingerprint density at radius 1 is 1.47 bits per heavy atom. The number of carbonyl (C=O) groups excluding carboxylic acids is 1. The van der Waals surface area contributed by atoms with Crippen LogP contribution in [-0.2, 0) is 0 Å². The second-order valence-corrected chi connectivity index (χ2v) is 3.66. The smallest absolute Gasteiger partial charge is 0.284 e. The first-order valence-electron chi connectivity index (χ1n) is 5.12. The van der Waals surface area contributed by atoms with Gasteiger partial charge in [-0.05, 0) is 19.1 Å². The number of rotatable bonds is 3. The van der Waals surface area contributed by atoms with Crippen molar-refractivity contribution in [2.24, 2.45) is 5.73 Å². The highest BCUT2D eigenvalue weighted by Gasteiger charge is 2.12. The van der Waals surface area contributed by atoms with E-state index in [-0.39, 0.29) is 5.82 Å². The summed E-state index contributed by atoms with van der Waals surface area (Å²) in [6.45, 7) is 1.84. The number of carbonyl (C=O) groups is 1. The van der Waals surface area contributed by atoms with Gasteiger partial charge in [-0.25, -0.2) is 4.98 Å². The van der Waals surface area contributed by atoms with Crippen LogP contribution in [0.25, 0.3) is 11.3 Å². The Hall–Kier alpha value is -2.30. The van der Waals surface area contributed by atoms with Crippen molar-refractivity contribution in [3.05, 3.63) is 35.8 Å². The van der Waals surface area contributed by atoms with E-state index in [1.807, 2.05) is 31.2 Å². The minimum Gasteiger partial charge on any atom is -0.497 e. The molecule has 0 aliphatic carbocycles. The maximum Gasteiger partial charge on any atom is 0.284 e. The number of amides is 1. The largest absolute Gasteiger partial charge is 0.497 e. The third-order valence-electron chi connectivity index (χ3n) is 2.46. The molecule has 0 saturated heterocycles. The van der Waals surface area contributed by atoms with Crippen LogP contribution in [0.2, 0.25) is 0 Å². The normalized spacial score (nSPS) is 10.2. The van der Waals surface area contributed by atoms with E-state index in [2.05, 4.69) is 9.97 Å². The molecule has 88 valence electrons. The topological polar surface area (TPSA) is 81.0 Å². The van der Waals surface area contributed by atoms with Crippen LogP contribution in [0, 0.1) is 6.92 Å². The summed E-state index contributed by atoms with van der Waals surface area (Å²) in [6, 6.07) is 7.47. The van der Waals surface area contributed by atoms with E-state index in [1.165, 1.54) is 0 Å². The first kappa shape index (κ1) is 11.2. The molecule has 0 atom stereocenters. The molecule has 5 heteroatoms. The average molecular weight is 231 g/mol. The van der Waals surface area contributed by atoms with Gasteiger partial charge in [-0.1, -0.05) is 12.1 Å². The summed E-state index contributed by atoms with van der Waals surface area (Å²) in [5.41, 5.74) is 7.56. The second-order valence-electron chi connectivity index (χ2n) is 3.66. The van der Waals surface area contributed by atoms with Gasteiger partial charge < -0.3 is 15.5 Å². The Morgan fingerprint density at radius 2 is 2.24 bits per heavy atom. The van der Waals surface area contributed by atoms with E-state index in [0.717, 1.165) is 17.0 Å². The number of nitrogens with two attached hydrogens (primary N) is 1. The van der Waals surface area contributed by atoms with Crippen LogP contribution in [0.15, 0.2) is 24.3 Å². The van der Waals surface area contributed by atoms with Gasteiger partial charge in [0, 0.05) is 11.3 Å². The van der Waals surface area contributed by atoms with Crippen LogP contribution in [0.3, 0.4) is 0 Å². The quantitative estimate of drug-likeness (QED) is 0.839. The van der Waals surface area contributed by atoms with Crippen LogP contribution in [0.5, 0.6) is 5.75 Å². The lowest BCUT2D eigenvalue weighted by atomic mass is 10.1. The molecule has 1 aromatic heterocycles. The van der Waals surface area contributed by atoms with Gasteiger partial charge in [-0.2, -0.15) is 0 Å². The number of imidazole rings is 1. The predicted molar refractivity (Wildman–Crippen MR) is 63.8 cm³/mol. The number of hydrogen-bond donors (Lipinski definition) is 2. The molecular weight excluding hydrogens is 218 g/mol. The monoisotopic (exact) mass is 231 g/mol. The van der Waals surface area contributed by atoms with Crippen molar-refractivity contribution in [2.45, 2.75) is 6.92 Å². The van der Waals surface area contributed by atoms with Gasteiger partial charge in [-0.15, -0.1) is 0 Å². The highest BCUT2D eigenvalue weighted by atomic mass is 16.5. The number of ether oxygens (including phenoxy) is 1. The number of benzene rings is 1. The molecule has 0 spiro atoms. The molecule has 5 nitrogen and oxygen atoms in total. The predicted octanol–water partition coefficient (Wildman–Crippen LogP) is 1.49. The Balaban J connectivity index is 2.48. The molecule has 17 heavy (non-hydrogen) atoms. The number of aromatic amines is 1. The fraction of sp³-hybridized carbons (Fsp3) is 0.167. The van der Waals surface area contributed by atoms with Crippen molar-refractivity contribution in [1.82, 2.24) is 9.97 Å². The maximum absolute atomic E-state index is 11.0. The van der Waals surface area contributed by atoms with E-state index < -0.39 is 5.91 Å². The van der Waals surface area contributed by atoms with Crippen molar-refractivity contribution in [3.8, 4) is 17.0 Å². The maximum atomic E-state index is 11.0. The molecule has 2 rings (SSSR count). The summed E-state index contributed by atoms with van der Waals surface area (Å²) < 4.78 is 5.14. The van der Waals surface area contributed by atoms with Crippen molar-refractivity contribution < 1.29 is 9.53 Å². The Labute approximate surface area is 98.6 Å². The molecular formula is C12H13N3O2. The molecule has 0 unspecified atom stereocenters. The summed E-state index contributed by atoms with van der Waals surface area (Å²) in [5.74, 6) is 0.341. The van der Waals surface area contributed by atoms with E-state index >= 15 is 0 Å². The third-order valence-corrected chi connectivity index (χ3v) is 2.46. The minimum absolute atomic E-state index is 0.167. The molecule has 3 N–H and O–H groups in total. The van der Waals surface area contributed by atoms with E-state index in [1.54, 1.807) is 7.11 Å². The van der Waals surface area contributed by atoms with Gasteiger partial charge >= 0.3 is 0 Å². The highest BCUT2D eigenvalue weighted by Crippen LogP contribution is 2.24. The zero-order valence-electron chi connectivity index (χ0n) is 9.65. The minimum atomic E-state index is -0.567. The lowest BCUT2D eigenvalue weighted by molar-refractivity contribution is 0.0991. The molecule has 0 fully saturated rings. The molecule has 1 heterocycles. The number of H-pyrrole nitrogens is 1. The fourth-order valence-corrected chi connectivity index (χ4v) is 1.63. The summed E-state index contributed by atoms with van der Waals surface area (Å²) in [7, 11) is 1.60. The van der Waals surface area contributed by atoms with Gasteiger partial charge in [0.1, 0.15) is 5.75 Å². The summed E-state index contributed by atoms with van der Waals surface area (Å²) >= 11 is 0. The van der Waals surface area contributed by atoms with Crippen LogP contribution in [-0.4, -0.2) is 23.0 Å². The Bertz CT molecular complexity index is 561. The van der Waals surface area contributed by atoms with Crippen molar-refractivity contribution >= 4 is 5.91 Å². The van der Waals surface area contributed by atoms with Crippen LogP contribution in [0.4, 0.5) is 0 Å². The van der Waals surface area contributed by atoms with Crippen molar-refractivity contribution in [2.75, 3.05) is 7.11 Å². The second kappa shape index (κ2) is 4.29. The molecule has 0 aliphatic heterocycles. The fourth-order valence-electron chi connectivity index (χ4n) is 1.63. The lowest BCUT2D eigenvalue weighted by Gasteiger charge is -2.02. The number of primary amides is 1. The van der Waals surface area contributed by atoms with Crippen molar-refractivity contribution in [1.29, 1.82) is 0 Å². The number of methoxy groups -OCH3 is 1. The van der Waals surface area contributed by atoms with E-state index in [9.17, 15) is 4.79 Å². The highest BCUT2D eigenvalue weighted by molar-refractivity contribution is 5.90. The van der Waals surface area contributed by atoms with Crippen LogP contribution >= 0.6 is 0 Å². The van der Waals surface area contributed by atoms with E-state index in [0.29, 0.717) is 5.69 Å². The van der Waals surface area contributed by atoms with Gasteiger partial charge in [-0.3, -0.25) is 4.79 Å². The average Bonchev–Trinajstić information content (AvgIpc) is 2.72. The number of nitrogens with zero attached hydrogens (tertiary/aromatic N) is 1. The van der Waals surface area contributed by atoms with Crippen molar-refractivity contribution in [3.63, 3.8) is 0 Å². The Morgan fingerprint density at radius 3 is 2.82 bits per heavy atom. The SMILES string of the molecule is COc1cccc(-c2nc(C(N)=O)[nH]c2C)c1. The number of nitrogens with one attached hydrogen (secondary N) is 1. The first-order valence-corrected chi connectivity index (χ1v) is 5.12. The van der Waals surface area contributed by atoms with E-state index in [4.69, 9.17) is 10.5 Å². The van der Waals surface area contributed by atoms with Gasteiger partial charge in [0.15, 0.2) is 5.82 Å². The zero-order chi connectivity index (χ0) is 12.4. The number of aryl methyl sites for hydroxylation is 1.